The highest BCUT2D eigenvalue weighted by molar-refractivity contribution is 5.34. The van der Waals surface area contributed by atoms with Crippen molar-refractivity contribution < 1.29 is 5.11 Å². The molecule has 1 saturated heterocycles. The molecule has 1 aromatic carbocycles. The van der Waals surface area contributed by atoms with E-state index < -0.39 is 0 Å². The Bertz CT molecular complexity index is 541. The van der Waals surface area contributed by atoms with Gasteiger partial charge in [-0.15, -0.1) is 0 Å². The van der Waals surface area contributed by atoms with E-state index in [1.54, 1.807) is 0 Å². The molecule has 4 heteroatoms. The van der Waals surface area contributed by atoms with Crippen LogP contribution in [0.1, 0.15) is 24.0 Å². The minimum Gasteiger partial charge on any atom is -0.396 e. The lowest BCUT2D eigenvalue weighted by Gasteiger charge is -2.14. The first-order chi connectivity index (χ1) is 9.85. The Morgan fingerprint density at radius 3 is 2.50 bits per heavy atom. The summed E-state index contributed by atoms with van der Waals surface area (Å²) < 4.78 is 1.87. The number of likely N-dealkylation sites (tertiary alicyclic amines) is 1. The summed E-state index contributed by atoms with van der Waals surface area (Å²) in [6.45, 7) is 3.67. The lowest BCUT2D eigenvalue weighted by Crippen LogP contribution is -2.18. The van der Waals surface area contributed by atoms with Crippen LogP contribution in [0.15, 0.2) is 36.7 Å². The van der Waals surface area contributed by atoms with Crippen LogP contribution in [0.3, 0.4) is 0 Å². The van der Waals surface area contributed by atoms with Crippen molar-refractivity contribution in [2.24, 2.45) is 0 Å². The van der Waals surface area contributed by atoms with Crippen LogP contribution >= 0.6 is 0 Å². The molecule has 3 rings (SSSR count). The molecule has 2 heterocycles. The summed E-state index contributed by atoms with van der Waals surface area (Å²) in [5.74, 6) is 0. The van der Waals surface area contributed by atoms with Gasteiger partial charge in [-0.2, -0.15) is 5.10 Å². The molecule has 4 nitrogen and oxygen atoms in total. The van der Waals surface area contributed by atoms with Gasteiger partial charge in [0.25, 0.3) is 0 Å². The molecule has 1 aromatic heterocycles. The van der Waals surface area contributed by atoms with Crippen LogP contribution in [0.25, 0.3) is 5.69 Å². The number of rotatable bonds is 5. The van der Waals surface area contributed by atoms with Gasteiger partial charge in [0.1, 0.15) is 0 Å². The van der Waals surface area contributed by atoms with E-state index in [2.05, 4.69) is 34.3 Å². The van der Waals surface area contributed by atoms with Crippen LogP contribution in [0, 0.1) is 0 Å². The fourth-order valence-electron chi connectivity index (χ4n) is 2.71. The Kier molecular flexibility index (Phi) is 4.14. The molecule has 0 aliphatic carbocycles. The van der Waals surface area contributed by atoms with E-state index in [0.29, 0.717) is 6.42 Å². The molecule has 1 aliphatic heterocycles. The second-order valence-corrected chi connectivity index (χ2v) is 5.42. The Hall–Kier alpha value is -1.65. The van der Waals surface area contributed by atoms with E-state index in [9.17, 15) is 0 Å². The zero-order valence-electron chi connectivity index (χ0n) is 11.7. The molecule has 0 saturated carbocycles. The van der Waals surface area contributed by atoms with Gasteiger partial charge in [0.2, 0.25) is 0 Å². The number of benzene rings is 1. The summed E-state index contributed by atoms with van der Waals surface area (Å²) in [4.78, 5) is 2.50. The third-order valence-electron chi connectivity index (χ3n) is 3.84. The number of hydrogen-bond donors (Lipinski definition) is 1. The Morgan fingerprint density at radius 1 is 1.05 bits per heavy atom. The second kappa shape index (κ2) is 6.20. The zero-order chi connectivity index (χ0) is 13.8. The third-order valence-corrected chi connectivity index (χ3v) is 3.84. The van der Waals surface area contributed by atoms with Gasteiger partial charge in [-0.05, 0) is 55.6 Å². The van der Waals surface area contributed by atoms with Crippen molar-refractivity contribution >= 4 is 0 Å². The van der Waals surface area contributed by atoms with E-state index in [1.807, 2.05) is 17.1 Å². The van der Waals surface area contributed by atoms with Crippen LogP contribution in [0.5, 0.6) is 0 Å². The summed E-state index contributed by atoms with van der Waals surface area (Å²) in [5, 5.41) is 13.3. The van der Waals surface area contributed by atoms with Gasteiger partial charge in [0.15, 0.2) is 0 Å². The molecule has 0 spiro atoms. The van der Waals surface area contributed by atoms with Gasteiger partial charge in [0, 0.05) is 19.3 Å². The first-order valence-corrected chi connectivity index (χ1v) is 7.31. The summed E-state index contributed by atoms with van der Waals surface area (Å²) in [7, 11) is 0. The Balaban J connectivity index is 1.68. The minimum absolute atomic E-state index is 0.167. The van der Waals surface area contributed by atoms with Gasteiger partial charge in [-0.1, -0.05) is 12.1 Å². The SMILES string of the molecule is OCCc1cnn(-c2ccc(CN3CCCC3)cc2)c1. The van der Waals surface area contributed by atoms with Crippen LogP contribution in [-0.2, 0) is 13.0 Å². The van der Waals surface area contributed by atoms with E-state index in [-0.39, 0.29) is 6.61 Å². The number of aliphatic hydroxyl groups excluding tert-OH is 1. The monoisotopic (exact) mass is 271 g/mol. The average molecular weight is 271 g/mol. The smallest absolute Gasteiger partial charge is 0.0645 e. The molecular formula is C16H21N3O. The molecule has 0 amide bonds. The minimum atomic E-state index is 0.167. The maximum atomic E-state index is 8.93. The molecule has 2 aromatic rings. The quantitative estimate of drug-likeness (QED) is 0.904. The summed E-state index contributed by atoms with van der Waals surface area (Å²) in [6.07, 6.45) is 7.12. The van der Waals surface area contributed by atoms with Crippen molar-refractivity contribution in [1.29, 1.82) is 0 Å². The number of nitrogens with zero attached hydrogens (tertiary/aromatic N) is 3. The van der Waals surface area contributed by atoms with Crippen LogP contribution in [0.4, 0.5) is 0 Å². The van der Waals surface area contributed by atoms with Crippen LogP contribution < -0.4 is 0 Å². The van der Waals surface area contributed by atoms with E-state index in [1.165, 1.54) is 31.5 Å². The van der Waals surface area contributed by atoms with Crippen LogP contribution in [0.2, 0.25) is 0 Å². The molecule has 0 atom stereocenters. The highest BCUT2D eigenvalue weighted by atomic mass is 16.2. The summed E-state index contributed by atoms with van der Waals surface area (Å²) in [6, 6.07) is 8.59. The van der Waals surface area contributed by atoms with E-state index in [0.717, 1.165) is 17.8 Å². The maximum absolute atomic E-state index is 8.93. The molecule has 20 heavy (non-hydrogen) atoms. The van der Waals surface area contributed by atoms with E-state index >= 15 is 0 Å². The first-order valence-electron chi connectivity index (χ1n) is 7.31. The first kappa shape index (κ1) is 13.3. The van der Waals surface area contributed by atoms with Crippen molar-refractivity contribution in [3.05, 3.63) is 47.8 Å². The molecule has 1 N–H and O–H groups in total. The molecule has 1 fully saturated rings. The number of aromatic nitrogens is 2. The number of aliphatic hydroxyl groups is 1. The predicted molar refractivity (Wildman–Crippen MR) is 78.9 cm³/mol. The topological polar surface area (TPSA) is 41.3 Å². The molecule has 0 bridgehead atoms. The average Bonchev–Trinajstić information content (AvgIpc) is 3.12. The van der Waals surface area contributed by atoms with Crippen molar-refractivity contribution in [3.63, 3.8) is 0 Å². The summed E-state index contributed by atoms with van der Waals surface area (Å²) >= 11 is 0. The molecule has 0 unspecified atom stereocenters. The van der Waals surface area contributed by atoms with Gasteiger partial charge in [0.05, 0.1) is 11.9 Å². The molecule has 0 radical (unpaired) electrons. The van der Waals surface area contributed by atoms with Gasteiger partial charge in [-0.3, -0.25) is 4.90 Å². The standard InChI is InChI=1S/C16H21N3O/c20-10-7-15-11-17-19(13-15)16-5-3-14(4-6-16)12-18-8-1-2-9-18/h3-6,11,13,20H,1-2,7-10,12H2. The van der Waals surface area contributed by atoms with Crippen molar-refractivity contribution in [3.8, 4) is 5.69 Å². The lowest BCUT2D eigenvalue weighted by molar-refractivity contribution is 0.299. The number of hydrogen-bond acceptors (Lipinski definition) is 3. The largest absolute Gasteiger partial charge is 0.396 e. The maximum Gasteiger partial charge on any atom is 0.0645 e. The zero-order valence-corrected chi connectivity index (χ0v) is 11.7. The fraction of sp³-hybridized carbons (Fsp3) is 0.438. The molecule has 106 valence electrons. The van der Waals surface area contributed by atoms with Gasteiger partial charge in [-0.25, -0.2) is 4.68 Å². The third kappa shape index (κ3) is 3.08. The highest BCUT2D eigenvalue weighted by Crippen LogP contribution is 2.15. The Morgan fingerprint density at radius 2 is 1.80 bits per heavy atom. The van der Waals surface area contributed by atoms with Crippen LogP contribution in [-0.4, -0.2) is 39.5 Å². The van der Waals surface area contributed by atoms with Gasteiger partial charge >= 0.3 is 0 Å². The van der Waals surface area contributed by atoms with Crippen molar-refractivity contribution in [2.45, 2.75) is 25.8 Å². The Labute approximate surface area is 119 Å². The van der Waals surface area contributed by atoms with E-state index in [4.69, 9.17) is 5.11 Å². The predicted octanol–water partition coefficient (Wildman–Crippen LogP) is 2.00. The highest BCUT2D eigenvalue weighted by Gasteiger charge is 2.11. The second-order valence-electron chi connectivity index (χ2n) is 5.42. The van der Waals surface area contributed by atoms with Crippen molar-refractivity contribution in [2.75, 3.05) is 19.7 Å². The van der Waals surface area contributed by atoms with Gasteiger partial charge < -0.3 is 5.11 Å². The van der Waals surface area contributed by atoms with Crippen molar-refractivity contribution in [1.82, 2.24) is 14.7 Å². The summed E-state index contributed by atoms with van der Waals surface area (Å²) in [5.41, 5.74) is 3.49. The molecular weight excluding hydrogens is 250 g/mol. The lowest BCUT2D eigenvalue weighted by atomic mass is 10.2. The fourth-order valence-corrected chi connectivity index (χ4v) is 2.71. The normalized spacial score (nSPS) is 15.8. The molecule has 1 aliphatic rings.